The van der Waals surface area contributed by atoms with Gasteiger partial charge >= 0.3 is 5.97 Å². The second-order valence-electron chi connectivity index (χ2n) is 12.4. The van der Waals surface area contributed by atoms with Crippen molar-refractivity contribution in [2.45, 2.75) is 53.4 Å². The van der Waals surface area contributed by atoms with Crippen LogP contribution in [-0.2, 0) is 22.7 Å². The van der Waals surface area contributed by atoms with Gasteiger partial charge in [-0.05, 0) is 60.9 Å². The van der Waals surface area contributed by atoms with Crippen LogP contribution in [-0.4, -0.2) is 48.0 Å². The van der Waals surface area contributed by atoms with Crippen LogP contribution in [0.2, 0.25) is 0 Å². The lowest BCUT2D eigenvalue weighted by Crippen LogP contribution is -2.39. The molecule has 0 amide bonds. The lowest BCUT2D eigenvalue weighted by Gasteiger charge is -2.33. The molecule has 0 bridgehead atoms. The molecule has 0 unspecified atom stereocenters. The quantitative estimate of drug-likeness (QED) is 0.0681. The van der Waals surface area contributed by atoms with E-state index in [1.807, 2.05) is 96.8 Å². The molecule has 1 saturated heterocycles. The maximum Gasteiger partial charge on any atom is 0.341 e. The molecule has 280 valence electrons. The van der Waals surface area contributed by atoms with Crippen molar-refractivity contribution in [3.05, 3.63) is 138 Å². The molecule has 1 aliphatic heterocycles. The molecule has 11 heteroatoms. The molecule has 5 aromatic rings. The second-order valence-corrected chi connectivity index (χ2v) is 12.4. The second kappa shape index (κ2) is 19.0. The molecule has 3 aromatic carbocycles. The number of hydrogen-bond acceptors (Lipinski definition) is 10. The average molecular weight is 732 g/mol. The number of pyridine rings is 2. The maximum absolute atomic E-state index is 15.8. The molecule has 54 heavy (non-hydrogen) atoms. The minimum absolute atomic E-state index is 0. The van der Waals surface area contributed by atoms with E-state index >= 15 is 4.39 Å². The highest BCUT2D eigenvalue weighted by atomic mass is 19.1. The Kier molecular flexibility index (Phi) is 13.7. The van der Waals surface area contributed by atoms with Crippen LogP contribution in [0.15, 0.2) is 120 Å². The van der Waals surface area contributed by atoms with Crippen molar-refractivity contribution in [1.29, 1.82) is 0 Å². The van der Waals surface area contributed by atoms with Gasteiger partial charge in [-0.3, -0.25) is 4.99 Å². The van der Waals surface area contributed by atoms with Gasteiger partial charge in [0.1, 0.15) is 25.1 Å². The third-order valence-corrected chi connectivity index (χ3v) is 8.66. The number of ether oxygens (including phenoxy) is 4. The summed E-state index contributed by atoms with van der Waals surface area (Å²) in [6, 6.07) is 30.3. The third kappa shape index (κ3) is 10.2. The number of hydrogen-bond donors (Lipinski definition) is 1. The summed E-state index contributed by atoms with van der Waals surface area (Å²) in [7, 11) is 0. The van der Waals surface area contributed by atoms with E-state index in [0.717, 1.165) is 16.7 Å². The molecule has 3 heterocycles. The summed E-state index contributed by atoms with van der Waals surface area (Å²) in [5, 5.41) is 0. The summed E-state index contributed by atoms with van der Waals surface area (Å²) in [6.07, 6.45) is 5.57. The number of benzene rings is 3. The zero-order valence-corrected chi connectivity index (χ0v) is 29.8. The number of halogens is 1. The van der Waals surface area contributed by atoms with Crippen LogP contribution in [0.4, 0.5) is 15.9 Å². The molecule has 1 fully saturated rings. The largest absolute Gasteiger partial charge is 0.490 e. The fourth-order valence-corrected chi connectivity index (χ4v) is 5.84. The first-order chi connectivity index (χ1) is 25.9. The standard InChI is InChI=1S/C42H42FN5O5.CH4/c1-3-50-42(49)33(24-44)26-45-38-16-14-35(22-29(38)2)53-34-18-20-48(21-19-34)40-37(43)23-32(25-46-40)36-15-17-39(51-27-30-10-6-4-7-11-30)47-41(36)52-28-31-12-8-5-9-13-31;/h4-17,22-26,34H,3,18-21,27-28,44H2,1-2H3;1H4/b33-24+,45-26?;. The molecular formula is C43H46FN5O5. The predicted molar refractivity (Wildman–Crippen MR) is 210 cm³/mol. The molecular weight excluding hydrogens is 686 g/mol. The van der Waals surface area contributed by atoms with Crippen LogP contribution in [0.3, 0.4) is 0 Å². The van der Waals surface area contributed by atoms with Gasteiger partial charge < -0.3 is 29.6 Å². The fraction of sp³-hybridized carbons (Fsp3) is 0.256. The number of aliphatic imine (C=N–C) groups is 1. The predicted octanol–water partition coefficient (Wildman–Crippen LogP) is 8.54. The summed E-state index contributed by atoms with van der Waals surface area (Å²) < 4.78 is 39.2. The molecule has 6 rings (SSSR count). The Balaban J connectivity index is 0.00000561. The van der Waals surface area contributed by atoms with Gasteiger partial charge in [-0.2, -0.15) is 4.98 Å². The van der Waals surface area contributed by atoms with Gasteiger partial charge in [-0.1, -0.05) is 68.1 Å². The first-order valence-electron chi connectivity index (χ1n) is 17.6. The highest BCUT2D eigenvalue weighted by Crippen LogP contribution is 2.34. The molecule has 0 spiro atoms. The van der Waals surface area contributed by atoms with E-state index in [1.165, 1.54) is 18.5 Å². The molecule has 2 N–H and O–H groups in total. The average Bonchev–Trinajstić information content (AvgIpc) is 3.18. The summed E-state index contributed by atoms with van der Waals surface area (Å²) in [6.45, 7) is 5.70. The van der Waals surface area contributed by atoms with Gasteiger partial charge in [0.2, 0.25) is 11.8 Å². The Morgan fingerprint density at radius 2 is 1.63 bits per heavy atom. The number of rotatable bonds is 14. The van der Waals surface area contributed by atoms with E-state index in [1.54, 1.807) is 19.2 Å². The van der Waals surface area contributed by atoms with Gasteiger partial charge in [-0.15, -0.1) is 0 Å². The number of carbonyl (C=O) groups is 1. The van der Waals surface area contributed by atoms with E-state index in [4.69, 9.17) is 24.7 Å². The van der Waals surface area contributed by atoms with Crippen molar-refractivity contribution in [2.24, 2.45) is 10.7 Å². The smallest absolute Gasteiger partial charge is 0.341 e. The van der Waals surface area contributed by atoms with Gasteiger partial charge in [0.15, 0.2) is 11.6 Å². The SMILES string of the molecule is C.CCOC(=O)/C(C=Nc1ccc(OC2CCN(c3ncc(-c4ccc(OCc5ccccc5)nc4OCc4ccccc4)cc3F)CC2)cc1C)=C/N. The highest BCUT2D eigenvalue weighted by molar-refractivity contribution is 6.09. The van der Waals surface area contributed by atoms with Crippen molar-refractivity contribution in [3.8, 4) is 28.6 Å². The van der Waals surface area contributed by atoms with Crippen molar-refractivity contribution in [3.63, 3.8) is 0 Å². The van der Waals surface area contributed by atoms with E-state index < -0.39 is 11.8 Å². The molecule has 0 atom stereocenters. The van der Waals surface area contributed by atoms with Crippen LogP contribution in [0.1, 0.15) is 43.9 Å². The van der Waals surface area contributed by atoms with E-state index in [0.29, 0.717) is 72.7 Å². The monoisotopic (exact) mass is 731 g/mol. The minimum Gasteiger partial charge on any atom is -0.490 e. The Morgan fingerprint density at radius 3 is 2.26 bits per heavy atom. The first kappa shape index (κ1) is 39.0. The van der Waals surface area contributed by atoms with Gasteiger partial charge in [0.25, 0.3) is 0 Å². The topological polar surface area (TPSA) is 121 Å². The molecule has 0 saturated carbocycles. The third-order valence-electron chi connectivity index (χ3n) is 8.66. The van der Waals surface area contributed by atoms with Gasteiger partial charge in [0.05, 0.1) is 17.9 Å². The van der Waals surface area contributed by atoms with Crippen LogP contribution in [0.5, 0.6) is 17.5 Å². The number of esters is 1. The normalized spacial score (nSPS) is 13.3. The Labute approximate surface area is 316 Å². The first-order valence-corrected chi connectivity index (χ1v) is 17.6. The van der Waals surface area contributed by atoms with Crippen LogP contribution in [0, 0.1) is 12.7 Å². The molecule has 0 aliphatic carbocycles. The zero-order valence-electron chi connectivity index (χ0n) is 29.8. The van der Waals surface area contributed by atoms with Gasteiger partial charge in [0, 0.05) is 61.7 Å². The Hall–Kier alpha value is -6.23. The van der Waals surface area contributed by atoms with E-state index in [2.05, 4.69) is 15.0 Å². The van der Waals surface area contributed by atoms with Crippen LogP contribution < -0.4 is 24.8 Å². The Bertz CT molecular complexity index is 2050. The van der Waals surface area contributed by atoms with Crippen molar-refractivity contribution >= 4 is 23.7 Å². The lowest BCUT2D eigenvalue weighted by molar-refractivity contribution is -0.137. The van der Waals surface area contributed by atoms with Crippen molar-refractivity contribution in [1.82, 2.24) is 9.97 Å². The van der Waals surface area contributed by atoms with Crippen molar-refractivity contribution < 1.29 is 28.1 Å². The maximum atomic E-state index is 15.8. The van der Waals surface area contributed by atoms with E-state index in [9.17, 15) is 4.79 Å². The van der Waals surface area contributed by atoms with Crippen LogP contribution >= 0.6 is 0 Å². The summed E-state index contributed by atoms with van der Waals surface area (Å²) >= 11 is 0. The molecule has 1 aliphatic rings. The molecule has 10 nitrogen and oxygen atoms in total. The molecule has 0 radical (unpaired) electrons. The number of aryl methyl sites for hydroxylation is 1. The van der Waals surface area contributed by atoms with Crippen molar-refractivity contribution in [2.75, 3.05) is 24.6 Å². The fourth-order valence-electron chi connectivity index (χ4n) is 5.84. The lowest BCUT2D eigenvalue weighted by atomic mass is 10.1. The summed E-state index contributed by atoms with van der Waals surface area (Å²) in [5.41, 5.74) is 10.5. The number of nitrogens with zero attached hydrogens (tertiary/aromatic N) is 4. The summed E-state index contributed by atoms with van der Waals surface area (Å²) in [5.74, 6) is 0.781. The Morgan fingerprint density at radius 1 is 0.944 bits per heavy atom. The summed E-state index contributed by atoms with van der Waals surface area (Å²) in [4.78, 5) is 27.5. The number of aromatic nitrogens is 2. The van der Waals surface area contributed by atoms with Gasteiger partial charge in [-0.25, -0.2) is 14.2 Å². The molecule has 2 aromatic heterocycles. The van der Waals surface area contributed by atoms with Crippen LogP contribution in [0.25, 0.3) is 11.1 Å². The number of piperidine rings is 1. The number of anilines is 1. The number of carbonyl (C=O) groups excluding carboxylic acids is 1. The zero-order chi connectivity index (χ0) is 37.0. The number of nitrogens with two attached hydrogens (primary N) is 1. The minimum atomic E-state index is -0.528. The van der Waals surface area contributed by atoms with E-state index in [-0.39, 0.29) is 32.3 Å². The highest BCUT2D eigenvalue weighted by Gasteiger charge is 2.24.